The van der Waals surface area contributed by atoms with Crippen molar-refractivity contribution in [2.45, 2.75) is 38.5 Å². The molecule has 1 nitrogen and oxygen atoms in total. The van der Waals surface area contributed by atoms with Crippen molar-refractivity contribution in [1.82, 2.24) is 0 Å². The molecule has 0 saturated carbocycles. The first-order valence-electron chi connectivity index (χ1n) is 7.32. The second kappa shape index (κ2) is 6.91. The van der Waals surface area contributed by atoms with Crippen LogP contribution in [0.2, 0.25) is 0 Å². The summed E-state index contributed by atoms with van der Waals surface area (Å²) in [6.07, 6.45) is 5.97. The Morgan fingerprint density at radius 1 is 1.20 bits per heavy atom. The molecule has 0 heterocycles. The first-order valence-corrected chi connectivity index (χ1v) is 7.32. The van der Waals surface area contributed by atoms with Crippen molar-refractivity contribution in [3.8, 4) is 6.07 Å². The van der Waals surface area contributed by atoms with Gasteiger partial charge in [-0.15, -0.1) is 6.58 Å². The van der Waals surface area contributed by atoms with Gasteiger partial charge in [0.05, 0.1) is 12.0 Å². The Balaban J connectivity index is 2.52. The van der Waals surface area contributed by atoms with Crippen molar-refractivity contribution < 1.29 is 0 Å². The summed E-state index contributed by atoms with van der Waals surface area (Å²) in [5, 5.41) is 11.9. The van der Waals surface area contributed by atoms with Gasteiger partial charge >= 0.3 is 0 Å². The molecule has 0 aliphatic rings. The van der Waals surface area contributed by atoms with Crippen LogP contribution in [0.1, 0.15) is 43.2 Å². The van der Waals surface area contributed by atoms with Gasteiger partial charge in [0.15, 0.2) is 0 Å². The van der Waals surface area contributed by atoms with E-state index in [9.17, 15) is 5.26 Å². The topological polar surface area (TPSA) is 23.8 Å². The molecule has 2 rings (SSSR count). The highest BCUT2D eigenvalue weighted by atomic mass is 14.3. The van der Waals surface area contributed by atoms with E-state index in [0.29, 0.717) is 0 Å². The Bertz CT molecular complexity index is 634. The lowest BCUT2D eigenvalue weighted by atomic mass is 9.88. The summed E-state index contributed by atoms with van der Waals surface area (Å²) >= 11 is 0. The van der Waals surface area contributed by atoms with Crippen LogP contribution in [0.3, 0.4) is 0 Å². The second-order valence-electron chi connectivity index (χ2n) is 5.18. The minimum atomic E-state index is -0.00219. The van der Waals surface area contributed by atoms with E-state index in [2.05, 4.69) is 56.0 Å². The quantitative estimate of drug-likeness (QED) is 0.643. The molecule has 102 valence electrons. The number of unbranched alkanes of at least 4 members (excludes halogenated alkanes) is 1. The molecule has 0 N–H and O–H groups in total. The fourth-order valence-corrected chi connectivity index (χ4v) is 2.72. The Kier molecular flexibility index (Phi) is 4.96. The summed E-state index contributed by atoms with van der Waals surface area (Å²) in [6, 6.07) is 15.1. The molecule has 0 bridgehead atoms. The SMILES string of the molecule is C=CCc1ccc(C(C#N)CCCC)c2ccccc12. The predicted molar refractivity (Wildman–Crippen MR) is 85.7 cm³/mol. The van der Waals surface area contributed by atoms with Crippen LogP contribution in [-0.2, 0) is 6.42 Å². The third-order valence-corrected chi connectivity index (χ3v) is 3.79. The fraction of sp³-hybridized carbons (Fsp3) is 0.316. The maximum atomic E-state index is 9.47. The van der Waals surface area contributed by atoms with Crippen LogP contribution in [0, 0.1) is 11.3 Å². The second-order valence-corrected chi connectivity index (χ2v) is 5.18. The van der Waals surface area contributed by atoms with Crippen LogP contribution in [0.5, 0.6) is 0 Å². The molecule has 20 heavy (non-hydrogen) atoms. The Morgan fingerprint density at radius 2 is 1.95 bits per heavy atom. The van der Waals surface area contributed by atoms with Gasteiger partial charge < -0.3 is 0 Å². The van der Waals surface area contributed by atoms with Crippen molar-refractivity contribution >= 4 is 10.8 Å². The van der Waals surface area contributed by atoms with Gasteiger partial charge in [-0.25, -0.2) is 0 Å². The van der Waals surface area contributed by atoms with Crippen molar-refractivity contribution in [3.05, 3.63) is 60.2 Å². The van der Waals surface area contributed by atoms with Gasteiger partial charge in [0.1, 0.15) is 0 Å². The largest absolute Gasteiger partial charge is 0.198 e. The number of hydrogen-bond donors (Lipinski definition) is 0. The monoisotopic (exact) mass is 263 g/mol. The fourth-order valence-electron chi connectivity index (χ4n) is 2.72. The Hall–Kier alpha value is -2.07. The molecular formula is C19H21N. The van der Waals surface area contributed by atoms with E-state index in [0.717, 1.165) is 25.7 Å². The summed E-state index contributed by atoms with van der Waals surface area (Å²) in [6.45, 7) is 5.99. The normalized spacial score (nSPS) is 12.0. The maximum absolute atomic E-state index is 9.47. The van der Waals surface area contributed by atoms with Crippen LogP contribution in [0.15, 0.2) is 49.1 Å². The van der Waals surface area contributed by atoms with Gasteiger partial charge in [0.2, 0.25) is 0 Å². The number of nitrogens with zero attached hydrogens (tertiary/aromatic N) is 1. The number of hydrogen-bond acceptors (Lipinski definition) is 1. The van der Waals surface area contributed by atoms with Gasteiger partial charge in [-0.05, 0) is 34.7 Å². The van der Waals surface area contributed by atoms with Gasteiger partial charge in [-0.1, -0.05) is 62.2 Å². The molecule has 0 amide bonds. The van der Waals surface area contributed by atoms with Crippen molar-refractivity contribution in [3.63, 3.8) is 0 Å². The maximum Gasteiger partial charge on any atom is 0.0718 e. The first kappa shape index (κ1) is 14.3. The molecule has 0 radical (unpaired) electrons. The zero-order valence-electron chi connectivity index (χ0n) is 12.1. The van der Waals surface area contributed by atoms with E-state index in [4.69, 9.17) is 0 Å². The predicted octanol–water partition coefficient (Wildman–Crippen LogP) is 5.37. The third-order valence-electron chi connectivity index (χ3n) is 3.79. The highest BCUT2D eigenvalue weighted by Crippen LogP contribution is 2.31. The number of benzene rings is 2. The number of allylic oxidation sites excluding steroid dienone is 1. The molecule has 0 spiro atoms. The van der Waals surface area contributed by atoms with Crippen molar-refractivity contribution in [1.29, 1.82) is 5.26 Å². The molecule has 0 aliphatic heterocycles. The lowest BCUT2D eigenvalue weighted by Crippen LogP contribution is -1.98. The van der Waals surface area contributed by atoms with Gasteiger partial charge in [0, 0.05) is 0 Å². The van der Waals surface area contributed by atoms with Crippen LogP contribution in [-0.4, -0.2) is 0 Å². The van der Waals surface area contributed by atoms with E-state index >= 15 is 0 Å². The highest BCUT2D eigenvalue weighted by molar-refractivity contribution is 5.89. The molecule has 1 unspecified atom stereocenters. The van der Waals surface area contributed by atoms with Crippen LogP contribution >= 0.6 is 0 Å². The summed E-state index contributed by atoms with van der Waals surface area (Å²) in [5.41, 5.74) is 2.45. The van der Waals surface area contributed by atoms with E-state index in [1.54, 1.807) is 0 Å². The van der Waals surface area contributed by atoms with Crippen molar-refractivity contribution in [2.24, 2.45) is 0 Å². The van der Waals surface area contributed by atoms with E-state index in [1.807, 2.05) is 6.08 Å². The van der Waals surface area contributed by atoms with Gasteiger partial charge in [-0.2, -0.15) is 5.26 Å². The standard InChI is InChI=1S/C19H21N/c1-3-5-9-16(14-20)18-13-12-15(8-4-2)17-10-6-7-11-19(17)18/h4,6-7,10-13,16H,2-3,5,8-9H2,1H3. The number of fused-ring (bicyclic) bond motifs is 1. The molecule has 0 fully saturated rings. The Morgan fingerprint density at radius 3 is 2.60 bits per heavy atom. The molecule has 2 aromatic carbocycles. The summed E-state index contributed by atoms with van der Waals surface area (Å²) in [4.78, 5) is 0. The van der Waals surface area contributed by atoms with Gasteiger partial charge in [0.25, 0.3) is 0 Å². The lowest BCUT2D eigenvalue weighted by molar-refractivity contribution is 0.674. The van der Waals surface area contributed by atoms with E-state index in [-0.39, 0.29) is 5.92 Å². The minimum absolute atomic E-state index is 0.00219. The zero-order chi connectivity index (χ0) is 14.4. The van der Waals surface area contributed by atoms with E-state index in [1.165, 1.54) is 21.9 Å². The average molecular weight is 263 g/mol. The zero-order valence-corrected chi connectivity index (χ0v) is 12.1. The van der Waals surface area contributed by atoms with Crippen LogP contribution < -0.4 is 0 Å². The van der Waals surface area contributed by atoms with Crippen molar-refractivity contribution in [2.75, 3.05) is 0 Å². The third kappa shape index (κ3) is 2.91. The smallest absolute Gasteiger partial charge is 0.0718 e. The van der Waals surface area contributed by atoms with E-state index < -0.39 is 0 Å². The first-order chi connectivity index (χ1) is 9.81. The average Bonchev–Trinajstić information content (AvgIpc) is 2.50. The molecule has 1 heteroatoms. The lowest BCUT2D eigenvalue weighted by Gasteiger charge is -2.14. The molecule has 0 aromatic heterocycles. The number of rotatable bonds is 6. The summed E-state index contributed by atoms with van der Waals surface area (Å²) in [7, 11) is 0. The molecule has 0 aliphatic carbocycles. The molecule has 2 aromatic rings. The number of nitriles is 1. The summed E-state index contributed by atoms with van der Waals surface area (Å²) < 4.78 is 0. The van der Waals surface area contributed by atoms with Gasteiger partial charge in [-0.3, -0.25) is 0 Å². The molecular weight excluding hydrogens is 242 g/mol. The van der Waals surface area contributed by atoms with Crippen LogP contribution in [0.25, 0.3) is 10.8 Å². The highest BCUT2D eigenvalue weighted by Gasteiger charge is 2.14. The Labute approximate surface area is 121 Å². The summed E-state index contributed by atoms with van der Waals surface area (Å²) in [5.74, 6) is -0.00219. The molecule has 0 saturated heterocycles. The minimum Gasteiger partial charge on any atom is -0.198 e. The van der Waals surface area contributed by atoms with Crippen LogP contribution in [0.4, 0.5) is 0 Å². The molecule has 1 atom stereocenters.